The first-order chi connectivity index (χ1) is 6.61. The van der Waals surface area contributed by atoms with Crippen LogP contribution in [0.1, 0.15) is 29.7 Å². The molecule has 2 nitrogen and oxygen atoms in total. The van der Waals surface area contributed by atoms with E-state index in [1.54, 1.807) is 0 Å². The van der Waals surface area contributed by atoms with Crippen molar-refractivity contribution >= 4 is 24.0 Å². The number of ether oxygens (including phenoxy) is 1. The number of nitrogens with two attached hydrogens (primary N) is 1. The molecule has 0 amide bonds. The number of halogens is 2. The third-order valence-electron chi connectivity index (χ3n) is 2.85. The van der Waals surface area contributed by atoms with Crippen LogP contribution in [0.5, 0.6) is 0 Å². The fourth-order valence-corrected chi connectivity index (χ4v) is 2.14. The Morgan fingerprint density at radius 3 is 2.80 bits per heavy atom. The molecule has 0 bridgehead atoms. The highest BCUT2D eigenvalue weighted by atomic mass is 35.5. The molecule has 2 rings (SSSR count). The van der Waals surface area contributed by atoms with Crippen LogP contribution in [0, 0.1) is 6.92 Å². The van der Waals surface area contributed by atoms with E-state index in [0.29, 0.717) is 6.61 Å². The maximum atomic E-state index is 6.09. The van der Waals surface area contributed by atoms with E-state index in [1.807, 2.05) is 19.1 Å². The van der Waals surface area contributed by atoms with Crippen LogP contribution < -0.4 is 5.73 Å². The summed E-state index contributed by atoms with van der Waals surface area (Å²) in [5.41, 5.74) is 9.49. The fourth-order valence-electron chi connectivity index (χ4n) is 1.92. The Hall–Kier alpha value is -0.280. The Bertz CT molecular complexity index is 368. The van der Waals surface area contributed by atoms with Gasteiger partial charge in [0.2, 0.25) is 0 Å². The van der Waals surface area contributed by atoms with Gasteiger partial charge in [-0.15, -0.1) is 12.4 Å². The van der Waals surface area contributed by atoms with Crippen LogP contribution in [0.2, 0.25) is 5.02 Å². The van der Waals surface area contributed by atoms with Gasteiger partial charge in [-0.25, -0.2) is 0 Å². The molecule has 84 valence electrons. The molecule has 0 unspecified atom stereocenters. The molecule has 0 spiro atoms. The second-order valence-electron chi connectivity index (χ2n) is 3.80. The minimum absolute atomic E-state index is 0. The minimum atomic E-state index is -0.0579. The summed E-state index contributed by atoms with van der Waals surface area (Å²) < 4.78 is 5.54. The average molecular weight is 248 g/mol. The highest BCUT2D eigenvalue weighted by Crippen LogP contribution is 2.34. The van der Waals surface area contributed by atoms with E-state index < -0.39 is 0 Å². The van der Waals surface area contributed by atoms with E-state index in [9.17, 15) is 0 Å². The lowest BCUT2D eigenvalue weighted by Crippen LogP contribution is -2.32. The number of benzene rings is 1. The van der Waals surface area contributed by atoms with Gasteiger partial charge in [-0.05, 0) is 31.0 Å². The molecule has 1 aromatic carbocycles. The van der Waals surface area contributed by atoms with Crippen molar-refractivity contribution in [2.75, 3.05) is 0 Å². The van der Waals surface area contributed by atoms with Crippen molar-refractivity contribution in [2.24, 2.45) is 5.73 Å². The third-order valence-corrected chi connectivity index (χ3v) is 3.20. The van der Waals surface area contributed by atoms with E-state index in [-0.39, 0.29) is 24.6 Å². The SMILES string of the molecule is Cc1ccc(Cl)c2c1[C@H](N)[C@@H](C)OC2.Cl. The van der Waals surface area contributed by atoms with Gasteiger partial charge in [-0.2, -0.15) is 0 Å². The topological polar surface area (TPSA) is 35.2 Å². The smallest absolute Gasteiger partial charge is 0.0744 e. The molecule has 1 aliphatic heterocycles. The Morgan fingerprint density at radius 2 is 2.13 bits per heavy atom. The molecular weight excluding hydrogens is 233 g/mol. The van der Waals surface area contributed by atoms with Gasteiger partial charge >= 0.3 is 0 Å². The molecule has 0 radical (unpaired) electrons. The quantitative estimate of drug-likeness (QED) is 0.766. The Kier molecular flexibility index (Phi) is 4.01. The summed E-state index contributed by atoms with van der Waals surface area (Å²) in [6.45, 7) is 4.63. The fraction of sp³-hybridized carbons (Fsp3) is 0.455. The number of fused-ring (bicyclic) bond motifs is 1. The number of hydrogen-bond donors (Lipinski definition) is 1. The lowest BCUT2D eigenvalue weighted by atomic mass is 9.91. The van der Waals surface area contributed by atoms with Crippen LogP contribution in [-0.2, 0) is 11.3 Å². The summed E-state index contributed by atoms with van der Waals surface area (Å²) in [5, 5.41) is 0.757. The van der Waals surface area contributed by atoms with Crippen molar-refractivity contribution < 1.29 is 4.74 Å². The van der Waals surface area contributed by atoms with Gasteiger partial charge in [0.1, 0.15) is 0 Å². The molecular formula is C11H15Cl2NO. The number of aryl methyl sites for hydroxylation is 1. The van der Waals surface area contributed by atoms with Crippen LogP contribution in [0.15, 0.2) is 12.1 Å². The summed E-state index contributed by atoms with van der Waals surface area (Å²) in [5.74, 6) is 0. The Labute approximate surface area is 101 Å². The lowest BCUT2D eigenvalue weighted by molar-refractivity contribution is 0.0212. The van der Waals surface area contributed by atoms with Crippen LogP contribution in [0.4, 0.5) is 0 Å². The molecule has 1 aromatic rings. The largest absolute Gasteiger partial charge is 0.372 e. The lowest BCUT2D eigenvalue weighted by Gasteiger charge is -2.30. The normalized spacial score (nSPS) is 24.3. The van der Waals surface area contributed by atoms with Crippen LogP contribution in [-0.4, -0.2) is 6.10 Å². The zero-order valence-corrected chi connectivity index (χ0v) is 10.4. The molecule has 0 saturated heterocycles. The molecule has 2 atom stereocenters. The highest BCUT2D eigenvalue weighted by Gasteiger charge is 2.26. The van der Waals surface area contributed by atoms with E-state index in [1.165, 1.54) is 5.56 Å². The summed E-state index contributed by atoms with van der Waals surface area (Å²) in [4.78, 5) is 0. The molecule has 0 aromatic heterocycles. The molecule has 0 aliphatic carbocycles. The first-order valence-corrected chi connectivity index (χ1v) is 5.14. The van der Waals surface area contributed by atoms with Gasteiger partial charge in [-0.3, -0.25) is 0 Å². The number of rotatable bonds is 0. The molecule has 0 saturated carbocycles. The van der Waals surface area contributed by atoms with Crippen molar-refractivity contribution in [2.45, 2.75) is 32.6 Å². The molecule has 0 fully saturated rings. The number of hydrogen-bond acceptors (Lipinski definition) is 2. The van der Waals surface area contributed by atoms with Gasteiger partial charge in [0, 0.05) is 10.6 Å². The summed E-state index contributed by atoms with van der Waals surface area (Å²) in [7, 11) is 0. The predicted molar refractivity (Wildman–Crippen MR) is 64.6 cm³/mol. The predicted octanol–water partition coefficient (Wildman–Crippen LogP) is 2.99. The molecule has 1 aliphatic rings. The minimum Gasteiger partial charge on any atom is -0.372 e. The molecule has 15 heavy (non-hydrogen) atoms. The molecule has 4 heteroatoms. The van der Waals surface area contributed by atoms with Crippen molar-refractivity contribution in [1.29, 1.82) is 0 Å². The standard InChI is InChI=1S/C11H14ClNO.ClH/c1-6-3-4-9(12)8-5-14-7(2)11(13)10(6)8;/h3-4,7,11H,5,13H2,1-2H3;1H/t7-,11-;/m1./s1. The average Bonchev–Trinajstić information content (AvgIpc) is 2.16. The van der Waals surface area contributed by atoms with Gasteiger partial charge in [0.15, 0.2) is 0 Å². The van der Waals surface area contributed by atoms with Crippen LogP contribution in [0.3, 0.4) is 0 Å². The first-order valence-electron chi connectivity index (χ1n) is 4.76. The maximum absolute atomic E-state index is 6.09. The zero-order chi connectivity index (χ0) is 10.3. The summed E-state index contributed by atoms with van der Waals surface area (Å²) in [6.07, 6.45) is 0.0691. The second kappa shape index (κ2) is 4.71. The summed E-state index contributed by atoms with van der Waals surface area (Å²) in [6, 6.07) is 3.86. The van der Waals surface area contributed by atoms with Crippen molar-refractivity contribution in [1.82, 2.24) is 0 Å². The van der Waals surface area contributed by atoms with Crippen LogP contribution >= 0.6 is 24.0 Å². The van der Waals surface area contributed by atoms with E-state index in [2.05, 4.69) is 6.92 Å². The Balaban J connectivity index is 0.00000112. The zero-order valence-electron chi connectivity index (χ0n) is 8.79. The van der Waals surface area contributed by atoms with Gasteiger partial charge in [-0.1, -0.05) is 17.7 Å². The van der Waals surface area contributed by atoms with Gasteiger partial charge in [0.05, 0.1) is 18.8 Å². The highest BCUT2D eigenvalue weighted by molar-refractivity contribution is 6.31. The monoisotopic (exact) mass is 247 g/mol. The first kappa shape index (κ1) is 12.8. The van der Waals surface area contributed by atoms with Crippen molar-refractivity contribution in [3.63, 3.8) is 0 Å². The third kappa shape index (κ3) is 2.13. The Morgan fingerprint density at radius 1 is 1.47 bits per heavy atom. The molecule has 2 N–H and O–H groups in total. The maximum Gasteiger partial charge on any atom is 0.0744 e. The van der Waals surface area contributed by atoms with E-state index in [0.717, 1.165) is 16.1 Å². The van der Waals surface area contributed by atoms with Gasteiger partial charge in [0.25, 0.3) is 0 Å². The second-order valence-corrected chi connectivity index (χ2v) is 4.21. The van der Waals surface area contributed by atoms with Crippen molar-refractivity contribution in [3.8, 4) is 0 Å². The van der Waals surface area contributed by atoms with Gasteiger partial charge < -0.3 is 10.5 Å². The van der Waals surface area contributed by atoms with Crippen LogP contribution in [0.25, 0.3) is 0 Å². The molecule has 1 heterocycles. The summed E-state index contributed by atoms with van der Waals surface area (Å²) >= 11 is 6.09. The van der Waals surface area contributed by atoms with Crippen molar-refractivity contribution in [3.05, 3.63) is 33.8 Å². The van der Waals surface area contributed by atoms with E-state index >= 15 is 0 Å². The van der Waals surface area contributed by atoms with E-state index in [4.69, 9.17) is 22.1 Å².